The van der Waals surface area contributed by atoms with E-state index in [9.17, 15) is 0 Å². The van der Waals surface area contributed by atoms with Gasteiger partial charge < -0.3 is 22.7 Å². The molecule has 3 nitrogen and oxygen atoms in total. The van der Waals surface area contributed by atoms with Gasteiger partial charge >= 0.3 is 7.04 Å². The first-order valence-electron chi connectivity index (χ1n) is 12.0. The highest BCUT2D eigenvalue weighted by Crippen LogP contribution is 2.35. The van der Waals surface area contributed by atoms with Crippen LogP contribution in [0.15, 0.2) is 97.1 Å². The Bertz CT molecular complexity index is 1350. The minimum absolute atomic E-state index is 0.214. The number of hydrogen-bond donors (Lipinski definition) is 0. The summed E-state index contributed by atoms with van der Waals surface area (Å²) in [6.07, 6.45) is 1.48. The molecule has 0 saturated carbocycles. The predicted octanol–water partition coefficient (Wildman–Crippen LogP) is 7.40. The standard InChI is InChI=1S/C29H27BF2N2O/c1-3-33(4-2)28-19-16-26-21-34(30(31,32)35-29(26)20-28)27-17-14-25(15-18-27)24-12-10-23(11-13-24)22-8-6-5-7-9-22/h5-21H,3-4H2,1-2H3. The summed E-state index contributed by atoms with van der Waals surface area (Å²) < 4.78 is 36.3. The minimum Gasteiger partial charge on any atom is -0.599 e. The topological polar surface area (TPSA) is 15.5 Å². The van der Waals surface area contributed by atoms with Gasteiger partial charge in [-0.05, 0) is 60.4 Å². The van der Waals surface area contributed by atoms with E-state index in [-0.39, 0.29) is 5.75 Å². The molecule has 0 radical (unpaired) electrons. The number of nitrogens with zero attached hydrogens (tertiary/aromatic N) is 2. The lowest BCUT2D eigenvalue weighted by Gasteiger charge is -2.30. The van der Waals surface area contributed by atoms with Gasteiger partial charge in [-0.2, -0.15) is 0 Å². The SMILES string of the molecule is CCN(CC)c1ccc2c(c1)O[B-](F)(F)[N+](c1ccc(-c3ccc(-c4ccccc4)cc3)cc1)=C2. The van der Waals surface area contributed by atoms with Crippen LogP contribution in [0.2, 0.25) is 0 Å². The number of hydrogen-bond acceptors (Lipinski definition) is 2. The van der Waals surface area contributed by atoms with E-state index in [2.05, 4.69) is 41.3 Å². The Labute approximate surface area is 205 Å². The Balaban J connectivity index is 1.41. The lowest BCUT2D eigenvalue weighted by molar-refractivity contribution is -0.343. The summed E-state index contributed by atoms with van der Waals surface area (Å²) in [5, 5.41) is 0. The quantitative estimate of drug-likeness (QED) is 0.274. The average Bonchev–Trinajstić information content (AvgIpc) is 2.89. The molecule has 0 unspecified atom stereocenters. The Kier molecular flexibility index (Phi) is 6.12. The van der Waals surface area contributed by atoms with Gasteiger partial charge in [0.05, 0.1) is 11.3 Å². The maximum Gasteiger partial charge on any atom is 0.834 e. The molecule has 0 spiro atoms. The van der Waals surface area contributed by atoms with Crippen LogP contribution in [0.5, 0.6) is 5.75 Å². The van der Waals surface area contributed by atoms with Gasteiger partial charge in [0.25, 0.3) is 0 Å². The smallest absolute Gasteiger partial charge is 0.599 e. The maximum absolute atomic E-state index is 15.1. The zero-order valence-electron chi connectivity index (χ0n) is 19.9. The molecule has 1 heterocycles. The maximum atomic E-state index is 15.1. The fourth-order valence-corrected chi connectivity index (χ4v) is 4.52. The molecule has 0 amide bonds. The van der Waals surface area contributed by atoms with Crippen LogP contribution in [0.1, 0.15) is 19.4 Å². The van der Waals surface area contributed by atoms with Gasteiger partial charge in [-0.15, -0.1) is 0 Å². The molecular weight excluding hydrogens is 441 g/mol. The average molecular weight is 468 g/mol. The molecule has 1 aliphatic heterocycles. The molecule has 35 heavy (non-hydrogen) atoms. The lowest BCUT2D eigenvalue weighted by atomic mass is 9.96. The molecule has 4 aromatic carbocycles. The Morgan fingerprint density at radius 3 is 1.83 bits per heavy atom. The summed E-state index contributed by atoms with van der Waals surface area (Å²) in [6.45, 7) is 5.68. The monoisotopic (exact) mass is 468 g/mol. The largest absolute Gasteiger partial charge is 0.834 e. The van der Waals surface area contributed by atoms with Crippen molar-refractivity contribution in [1.29, 1.82) is 0 Å². The van der Waals surface area contributed by atoms with Gasteiger partial charge in [-0.25, -0.2) is 0 Å². The normalized spacial score (nSPS) is 14.0. The van der Waals surface area contributed by atoms with Crippen molar-refractivity contribution in [3.8, 4) is 28.0 Å². The second-order valence-corrected chi connectivity index (χ2v) is 8.60. The molecular formula is C29H27BF2N2O. The van der Waals surface area contributed by atoms with Gasteiger partial charge in [-0.1, -0.05) is 54.6 Å². The third-order valence-electron chi connectivity index (χ3n) is 6.49. The third kappa shape index (κ3) is 4.56. The highest BCUT2D eigenvalue weighted by Gasteiger charge is 2.50. The van der Waals surface area contributed by atoms with Crippen LogP contribution in [0.3, 0.4) is 0 Å². The molecule has 176 valence electrons. The van der Waals surface area contributed by atoms with Crippen molar-refractivity contribution in [2.24, 2.45) is 0 Å². The summed E-state index contributed by atoms with van der Waals surface area (Å²) in [5.74, 6) is 0.214. The van der Waals surface area contributed by atoms with Crippen molar-refractivity contribution in [2.75, 3.05) is 18.0 Å². The fraction of sp³-hybridized carbons (Fsp3) is 0.138. The Hall–Kier alpha value is -3.93. The van der Waals surface area contributed by atoms with Crippen LogP contribution in [-0.4, -0.2) is 30.8 Å². The van der Waals surface area contributed by atoms with Crippen LogP contribution in [-0.2, 0) is 0 Å². The van der Waals surface area contributed by atoms with Gasteiger partial charge in [-0.3, -0.25) is 0 Å². The first kappa shape index (κ1) is 22.8. The minimum atomic E-state index is -4.25. The summed E-state index contributed by atoms with van der Waals surface area (Å²) in [7, 11) is -4.25. The van der Waals surface area contributed by atoms with Crippen molar-refractivity contribution in [3.05, 3.63) is 103 Å². The van der Waals surface area contributed by atoms with Crippen molar-refractivity contribution in [1.82, 2.24) is 0 Å². The van der Waals surface area contributed by atoms with E-state index >= 15 is 8.63 Å². The van der Waals surface area contributed by atoms with Crippen LogP contribution in [0.4, 0.5) is 20.0 Å². The Morgan fingerprint density at radius 2 is 1.26 bits per heavy atom. The Morgan fingerprint density at radius 1 is 0.714 bits per heavy atom. The third-order valence-corrected chi connectivity index (χ3v) is 6.49. The van der Waals surface area contributed by atoms with E-state index in [1.165, 1.54) is 6.21 Å². The second-order valence-electron chi connectivity index (χ2n) is 8.60. The molecule has 0 atom stereocenters. The molecule has 1 aliphatic rings. The van der Waals surface area contributed by atoms with Crippen molar-refractivity contribution >= 4 is 24.6 Å². The molecule has 0 saturated heterocycles. The van der Waals surface area contributed by atoms with Gasteiger partial charge in [0.1, 0.15) is 6.21 Å². The van der Waals surface area contributed by atoms with Gasteiger partial charge in [0.15, 0.2) is 5.69 Å². The van der Waals surface area contributed by atoms with E-state index < -0.39 is 7.04 Å². The molecule has 5 rings (SSSR count). The van der Waals surface area contributed by atoms with E-state index in [4.69, 9.17) is 4.65 Å². The van der Waals surface area contributed by atoms with E-state index in [1.54, 1.807) is 18.2 Å². The molecule has 0 aliphatic carbocycles. The number of benzene rings is 4. The molecule has 0 bridgehead atoms. The molecule has 0 N–H and O–H groups in total. The van der Waals surface area contributed by atoms with Crippen LogP contribution < -0.4 is 9.55 Å². The summed E-state index contributed by atoms with van der Waals surface area (Å²) in [4.78, 5) is 2.10. The molecule has 4 aromatic rings. The molecule has 0 fully saturated rings. The van der Waals surface area contributed by atoms with E-state index in [1.807, 2.05) is 56.3 Å². The van der Waals surface area contributed by atoms with E-state index in [0.717, 1.165) is 45.5 Å². The fourth-order valence-electron chi connectivity index (χ4n) is 4.52. The van der Waals surface area contributed by atoms with Crippen LogP contribution >= 0.6 is 0 Å². The van der Waals surface area contributed by atoms with Crippen molar-refractivity contribution in [3.63, 3.8) is 0 Å². The van der Waals surface area contributed by atoms with Crippen molar-refractivity contribution < 1.29 is 17.8 Å². The summed E-state index contributed by atoms with van der Waals surface area (Å²) in [6, 6.07) is 31.1. The first-order valence-corrected chi connectivity index (χ1v) is 12.0. The number of fused-ring (bicyclic) bond motifs is 1. The molecule has 6 heteroatoms. The predicted molar refractivity (Wildman–Crippen MR) is 141 cm³/mol. The zero-order valence-corrected chi connectivity index (χ0v) is 19.9. The summed E-state index contributed by atoms with van der Waals surface area (Å²) >= 11 is 0. The summed E-state index contributed by atoms with van der Waals surface area (Å²) in [5.41, 5.74) is 6.19. The van der Waals surface area contributed by atoms with Gasteiger partial charge in [0, 0.05) is 37.0 Å². The highest BCUT2D eigenvalue weighted by molar-refractivity contribution is 6.53. The van der Waals surface area contributed by atoms with Gasteiger partial charge in [0.2, 0.25) is 0 Å². The molecule has 0 aromatic heterocycles. The zero-order chi connectivity index (χ0) is 24.4. The van der Waals surface area contributed by atoms with Crippen molar-refractivity contribution in [2.45, 2.75) is 13.8 Å². The number of rotatable bonds is 6. The van der Waals surface area contributed by atoms with Crippen LogP contribution in [0, 0.1) is 0 Å². The highest BCUT2D eigenvalue weighted by atomic mass is 19.3. The van der Waals surface area contributed by atoms with Crippen LogP contribution in [0.25, 0.3) is 22.3 Å². The first-order chi connectivity index (χ1) is 17.0. The second kappa shape index (κ2) is 9.38. The van der Waals surface area contributed by atoms with E-state index in [0.29, 0.717) is 11.3 Å². The lowest BCUT2D eigenvalue weighted by Crippen LogP contribution is -2.46. The number of anilines is 1. The number of halogens is 2.